The molecule has 2 aliphatic heterocycles. The Kier molecular flexibility index (Phi) is 3.77. The molecule has 1 amide bonds. The molecule has 24 heavy (non-hydrogen) atoms. The quantitative estimate of drug-likeness (QED) is 0.924. The lowest BCUT2D eigenvalue weighted by Gasteiger charge is -2.17. The highest BCUT2D eigenvalue weighted by Gasteiger charge is 2.36. The molecule has 2 aromatic carbocycles. The van der Waals surface area contributed by atoms with Gasteiger partial charge in [0, 0.05) is 31.1 Å². The van der Waals surface area contributed by atoms with Gasteiger partial charge in [-0.1, -0.05) is 24.3 Å². The van der Waals surface area contributed by atoms with E-state index in [1.54, 1.807) is 7.11 Å². The summed E-state index contributed by atoms with van der Waals surface area (Å²) in [6.07, 6.45) is 0. The molecule has 0 aromatic heterocycles. The van der Waals surface area contributed by atoms with Crippen molar-refractivity contribution in [2.75, 3.05) is 33.8 Å². The van der Waals surface area contributed by atoms with Crippen molar-refractivity contribution in [3.8, 4) is 16.9 Å². The predicted molar refractivity (Wildman–Crippen MR) is 94.5 cm³/mol. The van der Waals surface area contributed by atoms with Crippen LogP contribution in [0.4, 0.5) is 0 Å². The predicted octanol–water partition coefficient (Wildman–Crippen LogP) is 2.75. The van der Waals surface area contributed by atoms with E-state index in [2.05, 4.69) is 29.4 Å². The summed E-state index contributed by atoms with van der Waals surface area (Å²) < 4.78 is 5.22. The molecule has 1 saturated heterocycles. The third-order valence-electron chi connectivity index (χ3n) is 5.27. The van der Waals surface area contributed by atoms with Crippen LogP contribution < -0.4 is 10.1 Å². The molecule has 0 radical (unpaired) electrons. The fraction of sp³-hybridized carbons (Fsp3) is 0.350. The molecule has 124 valence electrons. The molecule has 0 unspecified atom stereocenters. The summed E-state index contributed by atoms with van der Waals surface area (Å²) in [6.45, 7) is 2.83. The van der Waals surface area contributed by atoms with Gasteiger partial charge in [0.05, 0.1) is 7.11 Å². The van der Waals surface area contributed by atoms with Gasteiger partial charge in [-0.25, -0.2) is 0 Å². The largest absolute Gasteiger partial charge is 0.497 e. The number of carbonyl (C=O) groups excluding carboxylic acids is 1. The highest BCUT2D eigenvalue weighted by atomic mass is 16.5. The van der Waals surface area contributed by atoms with Crippen molar-refractivity contribution >= 4 is 5.91 Å². The Labute approximate surface area is 142 Å². The number of rotatable bonds is 2. The minimum absolute atomic E-state index is 0.0532. The number of nitrogens with zero attached hydrogens (tertiary/aromatic N) is 1. The molecule has 1 fully saturated rings. The normalized spacial score (nSPS) is 23.2. The highest BCUT2D eigenvalue weighted by Crippen LogP contribution is 2.37. The van der Waals surface area contributed by atoms with E-state index in [4.69, 9.17) is 4.74 Å². The molecule has 0 saturated carbocycles. The number of methoxy groups -OCH3 is 1. The Morgan fingerprint density at radius 1 is 1.08 bits per heavy atom. The van der Waals surface area contributed by atoms with E-state index in [1.165, 1.54) is 5.56 Å². The van der Waals surface area contributed by atoms with Gasteiger partial charge >= 0.3 is 0 Å². The van der Waals surface area contributed by atoms with Gasteiger partial charge < -0.3 is 15.0 Å². The van der Waals surface area contributed by atoms with Gasteiger partial charge in [-0.2, -0.15) is 0 Å². The van der Waals surface area contributed by atoms with Crippen LogP contribution in [0.2, 0.25) is 0 Å². The molecule has 0 spiro atoms. The van der Waals surface area contributed by atoms with Gasteiger partial charge in [0.15, 0.2) is 0 Å². The number of likely N-dealkylation sites (N-methyl/N-ethyl adjacent to an activating group) is 1. The van der Waals surface area contributed by atoms with Gasteiger partial charge in [0.25, 0.3) is 5.91 Å². The zero-order chi connectivity index (χ0) is 16.7. The first-order valence-corrected chi connectivity index (χ1v) is 8.41. The third-order valence-corrected chi connectivity index (χ3v) is 5.27. The first-order valence-electron chi connectivity index (χ1n) is 8.41. The zero-order valence-electron chi connectivity index (χ0n) is 14.1. The van der Waals surface area contributed by atoms with Crippen LogP contribution in [-0.2, 0) is 0 Å². The van der Waals surface area contributed by atoms with E-state index in [-0.39, 0.29) is 5.91 Å². The average Bonchev–Trinajstić information content (AvgIpc) is 2.94. The van der Waals surface area contributed by atoms with Crippen LogP contribution in [0, 0.1) is 5.92 Å². The van der Waals surface area contributed by atoms with Crippen molar-refractivity contribution in [1.29, 1.82) is 0 Å². The average molecular weight is 322 g/mol. The summed E-state index contributed by atoms with van der Waals surface area (Å²) in [5, 5.41) is 3.10. The number of amides is 1. The van der Waals surface area contributed by atoms with Crippen molar-refractivity contribution in [3.05, 3.63) is 53.6 Å². The third kappa shape index (κ3) is 2.57. The van der Waals surface area contributed by atoms with Crippen LogP contribution >= 0.6 is 0 Å². The number of likely N-dealkylation sites (tertiary alicyclic amines) is 1. The summed E-state index contributed by atoms with van der Waals surface area (Å²) in [5.74, 6) is 1.83. The van der Waals surface area contributed by atoms with E-state index < -0.39 is 0 Å². The number of fused-ring (bicyclic) bond motifs is 3. The van der Waals surface area contributed by atoms with Gasteiger partial charge in [-0.3, -0.25) is 4.79 Å². The Morgan fingerprint density at radius 2 is 1.83 bits per heavy atom. The number of benzene rings is 2. The summed E-state index contributed by atoms with van der Waals surface area (Å²) in [7, 11) is 3.82. The van der Waals surface area contributed by atoms with Crippen LogP contribution in [0.1, 0.15) is 21.8 Å². The molecule has 4 heteroatoms. The van der Waals surface area contributed by atoms with Crippen LogP contribution in [0.15, 0.2) is 42.5 Å². The second-order valence-corrected chi connectivity index (χ2v) is 6.83. The van der Waals surface area contributed by atoms with Crippen molar-refractivity contribution in [2.24, 2.45) is 5.92 Å². The maximum absolute atomic E-state index is 12.6. The lowest BCUT2D eigenvalue weighted by Crippen LogP contribution is -2.29. The van der Waals surface area contributed by atoms with Crippen molar-refractivity contribution in [2.45, 2.75) is 5.92 Å². The lowest BCUT2D eigenvalue weighted by molar-refractivity contribution is 0.0951. The van der Waals surface area contributed by atoms with Gasteiger partial charge in [0.2, 0.25) is 0 Å². The van der Waals surface area contributed by atoms with E-state index in [0.717, 1.165) is 42.1 Å². The van der Waals surface area contributed by atoms with Crippen LogP contribution in [0.5, 0.6) is 5.75 Å². The summed E-state index contributed by atoms with van der Waals surface area (Å²) in [5.41, 5.74) is 4.18. The number of hydrogen-bond donors (Lipinski definition) is 1. The second-order valence-electron chi connectivity index (χ2n) is 6.83. The Morgan fingerprint density at radius 3 is 2.58 bits per heavy atom. The summed E-state index contributed by atoms with van der Waals surface area (Å²) in [6, 6.07) is 14.3. The number of carbonyl (C=O) groups is 1. The maximum atomic E-state index is 12.6. The van der Waals surface area contributed by atoms with Gasteiger partial charge in [-0.05, 0) is 47.9 Å². The highest BCUT2D eigenvalue weighted by molar-refractivity contribution is 5.97. The molecule has 4 nitrogen and oxygen atoms in total. The van der Waals surface area contributed by atoms with Crippen molar-refractivity contribution in [1.82, 2.24) is 10.2 Å². The standard InChI is InChI=1S/C20H22N2O2/c1-22-11-15-10-21-20(23)18-9-14(5-8-17(18)19(15)12-22)13-3-6-16(24-2)7-4-13/h3-9,15,19H,10-12H2,1-2H3,(H,21,23)/t15-,19-/m1/s1. The monoisotopic (exact) mass is 322 g/mol. The lowest BCUT2D eigenvalue weighted by atomic mass is 9.86. The first-order chi connectivity index (χ1) is 11.7. The molecule has 4 rings (SSSR count). The molecule has 0 bridgehead atoms. The smallest absolute Gasteiger partial charge is 0.251 e. The van der Waals surface area contributed by atoms with Crippen LogP contribution in [0.25, 0.3) is 11.1 Å². The van der Waals surface area contributed by atoms with Crippen molar-refractivity contribution in [3.63, 3.8) is 0 Å². The summed E-state index contributed by atoms with van der Waals surface area (Å²) in [4.78, 5) is 14.9. The summed E-state index contributed by atoms with van der Waals surface area (Å²) >= 11 is 0. The van der Waals surface area contributed by atoms with E-state index >= 15 is 0 Å². The number of hydrogen-bond acceptors (Lipinski definition) is 3. The fourth-order valence-corrected chi connectivity index (χ4v) is 4.00. The Balaban J connectivity index is 1.74. The molecular weight excluding hydrogens is 300 g/mol. The molecule has 2 atom stereocenters. The SMILES string of the molecule is COc1ccc(-c2ccc3c(c2)C(=O)NC[C@@H]2CN(C)C[C@@H]32)cc1. The molecular formula is C20H22N2O2. The minimum atomic E-state index is 0.0532. The van der Waals surface area contributed by atoms with Gasteiger partial charge in [-0.15, -0.1) is 0 Å². The minimum Gasteiger partial charge on any atom is -0.497 e. The van der Waals surface area contributed by atoms with E-state index in [0.29, 0.717) is 11.8 Å². The van der Waals surface area contributed by atoms with E-state index in [1.807, 2.05) is 30.3 Å². The maximum Gasteiger partial charge on any atom is 0.251 e. The molecule has 0 aliphatic carbocycles. The van der Waals surface area contributed by atoms with Crippen LogP contribution in [0.3, 0.4) is 0 Å². The Hall–Kier alpha value is -2.33. The molecule has 1 N–H and O–H groups in total. The van der Waals surface area contributed by atoms with E-state index in [9.17, 15) is 4.79 Å². The number of nitrogens with one attached hydrogen (secondary N) is 1. The second kappa shape index (κ2) is 5.95. The number of ether oxygens (including phenoxy) is 1. The molecule has 2 aromatic rings. The van der Waals surface area contributed by atoms with Crippen molar-refractivity contribution < 1.29 is 9.53 Å². The topological polar surface area (TPSA) is 41.6 Å². The zero-order valence-corrected chi connectivity index (χ0v) is 14.1. The first kappa shape index (κ1) is 15.2. The fourth-order valence-electron chi connectivity index (χ4n) is 4.00. The van der Waals surface area contributed by atoms with Gasteiger partial charge in [0.1, 0.15) is 5.75 Å². The Bertz CT molecular complexity index is 770. The van der Waals surface area contributed by atoms with Crippen LogP contribution in [-0.4, -0.2) is 44.6 Å². The molecule has 2 heterocycles. The molecule has 2 aliphatic rings.